The van der Waals surface area contributed by atoms with Crippen molar-refractivity contribution in [3.8, 4) is 0 Å². The van der Waals surface area contributed by atoms with Crippen LogP contribution < -0.4 is 9.62 Å². The molecule has 1 atom stereocenters. The number of nitrogens with one attached hydrogen (secondary N) is 1. The summed E-state index contributed by atoms with van der Waals surface area (Å²) in [5.41, 5.74) is 0.0117. The minimum atomic E-state index is -4.87. The zero-order valence-electron chi connectivity index (χ0n) is 23.5. The molecule has 1 N–H and O–H groups in total. The lowest BCUT2D eigenvalue weighted by molar-refractivity contribution is -0.139. The lowest BCUT2D eigenvalue weighted by atomic mass is 10.1. The van der Waals surface area contributed by atoms with Gasteiger partial charge in [-0.15, -0.1) is 0 Å². The summed E-state index contributed by atoms with van der Waals surface area (Å²) in [6.07, 6.45) is -3.30. The molecule has 0 saturated carbocycles. The van der Waals surface area contributed by atoms with E-state index in [1.54, 1.807) is 18.2 Å². The largest absolute Gasteiger partial charge is 0.417 e. The summed E-state index contributed by atoms with van der Waals surface area (Å²) in [6, 6.07) is 15.9. The molecule has 3 aromatic rings. The Morgan fingerprint density at radius 3 is 2.24 bits per heavy atom. The molecule has 2 amide bonds. The van der Waals surface area contributed by atoms with Gasteiger partial charge in [0.2, 0.25) is 11.8 Å². The number of benzene rings is 3. The van der Waals surface area contributed by atoms with Crippen molar-refractivity contribution in [1.29, 1.82) is 0 Å². The van der Waals surface area contributed by atoms with Crippen LogP contribution in [0.4, 0.5) is 18.9 Å². The van der Waals surface area contributed by atoms with Gasteiger partial charge in [-0.05, 0) is 56.2 Å². The fraction of sp³-hybridized carbons (Fsp3) is 0.333. The van der Waals surface area contributed by atoms with Gasteiger partial charge in [-0.25, -0.2) is 8.42 Å². The molecular formula is C30H33ClF3N3O4S. The summed E-state index contributed by atoms with van der Waals surface area (Å²) in [6.45, 7) is 4.87. The summed E-state index contributed by atoms with van der Waals surface area (Å²) < 4.78 is 69.3. The van der Waals surface area contributed by atoms with Crippen LogP contribution in [-0.2, 0) is 32.3 Å². The smallest absolute Gasteiger partial charge is 0.354 e. The Labute approximate surface area is 249 Å². The van der Waals surface area contributed by atoms with Crippen molar-refractivity contribution >= 4 is 39.1 Å². The summed E-state index contributed by atoms with van der Waals surface area (Å²) in [5.74, 6) is -1.22. The highest BCUT2D eigenvalue weighted by Crippen LogP contribution is 2.38. The van der Waals surface area contributed by atoms with Crippen LogP contribution in [0.15, 0.2) is 77.7 Å². The molecule has 226 valence electrons. The van der Waals surface area contributed by atoms with Crippen molar-refractivity contribution in [3.63, 3.8) is 0 Å². The van der Waals surface area contributed by atoms with Crippen molar-refractivity contribution < 1.29 is 31.2 Å². The van der Waals surface area contributed by atoms with Crippen LogP contribution in [0.2, 0.25) is 5.02 Å². The summed E-state index contributed by atoms with van der Waals surface area (Å²) in [5, 5.41) is 2.16. The van der Waals surface area contributed by atoms with E-state index in [-0.39, 0.29) is 11.4 Å². The van der Waals surface area contributed by atoms with Crippen molar-refractivity contribution in [1.82, 2.24) is 10.2 Å². The van der Waals surface area contributed by atoms with Gasteiger partial charge >= 0.3 is 6.18 Å². The van der Waals surface area contributed by atoms with Gasteiger partial charge in [-0.3, -0.25) is 13.9 Å². The summed E-state index contributed by atoms with van der Waals surface area (Å²) >= 11 is 5.80. The Morgan fingerprint density at radius 2 is 1.64 bits per heavy atom. The fourth-order valence-electron chi connectivity index (χ4n) is 4.14. The van der Waals surface area contributed by atoms with E-state index in [2.05, 4.69) is 5.32 Å². The van der Waals surface area contributed by atoms with Gasteiger partial charge in [0.25, 0.3) is 10.0 Å². The van der Waals surface area contributed by atoms with Crippen molar-refractivity contribution in [2.75, 3.05) is 17.4 Å². The standard InChI is InChI=1S/C30H33ClF3N3O4S/c1-4-5-17-35-29(39)22(3)36(19-23-13-11-21(2)12-14-23)28(38)20-37(42(40,41)25-9-7-6-8-10-25)24-15-16-27(31)26(18-24)30(32,33)34/h6-16,18,22H,4-5,17,19-20H2,1-3H3,(H,35,39). The molecule has 3 rings (SSSR count). The number of hydrogen-bond acceptors (Lipinski definition) is 4. The normalized spacial score (nSPS) is 12.5. The van der Waals surface area contributed by atoms with E-state index in [0.29, 0.717) is 22.5 Å². The topological polar surface area (TPSA) is 86.8 Å². The number of rotatable bonds is 12. The number of hydrogen-bond donors (Lipinski definition) is 1. The van der Waals surface area contributed by atoms with E-state index in [1.807, 2.05) is 26.0 Å². The monoisotopic (exact) mass is 623 g/mol. The number of aryl methyl sites for hydroxylation is 1. The maximum Gasteiger partial charge on any atom is 0.417 e. The maximum absolute atomic E-state index is 13.9. The molecule has 0 aliphatic heterocycles. The Bertz CT molecular complexity index is 1480. The van der Waals surface area contributed by atoms with Crippen molar-refractivity contribution in [2.45, 2.75) is 57.3 Å². The molecule has 0 aromatic heterocycles. The number of nitrogens with zero attached hydrogens (tertiary/aromatic N) is 2. The average Bonchev–Trinajstić information content (AvgIpc) is 2.95. The number of sulfonamides is 1. The zero-order valence-corrected chi connectivity index (χ0v) is 25.1. The van der Waals surface area contributed by atoms with Gasteiger partial charge in [-0.2, -0.15) is 13.2 Å². The SMILES string of the molecule is CCCCNC(=O)C(C)N(Cc1ccc(C)cc1)C(=O)CN(c1ccc(Cl)c(C(F)(F)F)c1)S(=O)(=O)c1ccccc1. The maximum atomic E-state index is 13.9. The van der Waals surface area contributed by atoms with Crippen molar-refractivity contribution in [2.24, 2.45) is 0 Å². The molecule has 3 aromatic carbocycles. The molecule has 0 aliphatic rings. The third-order valence-electron chi connectivity index (χ3n) is 6.62. The first-order valence-electron chi connectivity index (χ1n) is 13.3. The quantitative estimate of drug-likeness (QED) is 0.244. The second-order valence-electron chi connectivity index (χ2n) is 9.81. The molecule has 12 heteroatoms. The lowest BCUT2D eigenvalue weighted by Gasteiger charge is -2.32. The number of carbonyl (C=O) groups excluding carboxylic acids is 2. The highest BCUT2D eigenvalue weighted by molar-refractivity contribution is 7.92. The van der Waals surface area contributed by atoms with Gasteiger partial charge in [-0.1, -0.05) is 73.0 Å². The first-order valence-corrected chi connectivity index (χ1v) is 15.1. The van der Waals surface area contributed by atoms with Crippen LogP contribution in [0.3, 0.4) is 0 Å². The Balaban J connectivity index is 2.07. The van der Waals surface area contributed by atoms with E-state index in [9.17, 15) is 31.2 Å². The van der Waals surface area contributed by atoms with Gasteiger partial charge in [0.05, 0.1) is 21.2 Å². The summed E-state index contributed by atoms with van der Waals surface area (Å²) in [4.78, 5) is 27.9. The second-order valence-corrected chi connectivity index (χ2v) is 12.1. The van der Waals surface area contributed by atoms with Crippen LogP contribution >= 0.6 is 11.6 Å². The predicted octanol–water partition coefficient (Wildman–Crippen LogP) is 6.20. The molecule has 0 saturated heterocycles. The van der Waals surface area contributed by atoms with Gasteiger partial charge in [0, 0.05) is 13.1 Å². The van der Waals surface area contributed by atoms with Crippen LogP contribution in [0.25, 0.3) is 0 Å². The van der Waals surface area contributed by atoms with E-state index in [0.717, 1.165) is 30.5 Å². The van der Waals surface area contributed by atoms with Crippen LogP contribution in [0.5, 0.6) is 0 Å². The number of carbonyl (C=O) groups is 2. The molecule has 0 aliphatic carbocycles. The number of anilines is 1. The highest BCUT2D eigenvalue weighted by Gasteiger charge is 2.37. The molecule has 42 heavy (non-hydrogen) atoms. The predicted molar refractivity (Wildman–Crippen MR) is 157 cm³/mol. The van der Waals surface area contributed by atoms with Crippen LogP contribution in [0.1, 0.15) is 43.4 Å². The van der Waals surface area contributed by atoms with E-state index >= 15 is 0 Å². The first-order chi connectivity index (χ1) is 19.8. The van der Waals surface area contributed by atoms with Gasteiger partial charge < -0.3 is 10.2 Å². The highest BCUT2D eigenvalue weighted by atomic mass is 35.5. The number of unbranched alkanes of at least 4 members (excludes halogenated alkanes) is 1. The molecule has 0 heterocycles. The minimum absolute atomic E-state index is 0.0326. The first kappa shape index (κ1) is 32.9. The fourth-order valence-corrected chi connectivity index (χ4v) is 5.79. The summed E-state index contributed by atoms with van der Waals surface area (Å²) in [7, 11) is -4.52. The molecule has 0 spiro atoms. The zero-order chi connectivity index (χ0) is 31.1. The van der Waals surface area contributed by atoms with Crippen LogP contribution in [-0.4, -0.2) is 44.3 Å². The second kappa shape index (κ2) is 14.1. The molecule has 0 radical (unpaired) electrons. The van der Waals surface area contributed by atoms with Crippen LogP contribution in [0, 0.1) is 6.92 Å². The number of alkyl halides is 3. The Kier molecular flexibility index (Phi) is 11.0. The Hall–Kier alpha value is -3.57. The molecule has 0 fully saturated rings. The molecule has 0 bridgehead atoms. The number of halogens is 4. The molecule has 1 unspecified atom stereocenters. The third kappa shape index (κ3) is 8.25. The van der Waals surface area contributed by atoms with E-state index in [1.165, 1.54) is 36.1 Å². The Morgan fingerprint density at radius 1 is 1.00 bits per heavy atom. The van der Waals surface area contributed by atoms with E-state index < -0.39 is 56.9 Å². The minimum Gasteiger partial charge on any atom is -0.354 e. The molecular weight excluding hydrogens is 591 g/mol. The number of amides is 2. The molecule has 7 nitrogen and oxygen atoms in total. The lowest BCUT2D eigenvalue weighted by Crippen LogP contribution is -2.51. The van der Waals surface area contributed by atoms with E-state index in [4.69, 9.17) is 11.6 Å². The van der Waals surface area contributed by atoms with Gasteiger partial charge in [0.1, 0.15) is 12.6 Å². The van der Waals surface area contributed by atoms with Gasteiger partial charge in [0.15, 0.2) is 0 Å². The third-order valence-corrected chi connectivity index (χ3v) is 8.74. The average molecular weight is 624 g/mol. The van der Waals surface area contributed by atoms with Crippen molar-refractivity contribution in [3.05, 3.63) is 94.5 Å².